The molecule has 0 bridgehead atoms. The van der Waals surface area contributed by atoms with Gasteiger partial charge in [-0.1, -0.05) is 27.2 Å². The van der Waals surface area contributed by atoms with Gasteiger partial charge in [-0.15, -0.1) is 0 Å². The SMILES string of the molecule is CCCn1ccnc1CC(NN)C(C)CC. The Kier molecular flexibility index (Phi) is 5.49. The van der Waals surface area contributed by atoms with Crippen molar-refractivity contribution in [3.05, 3.63) is 18.2 Å². The minimum absolute atomic E-state index is 0.308. The first-order valence-electron chi connectivity index (χ1n) is 6.19. The van der Waals surface area contributed by atoms with E-state index >= 15 is 0 Å². The largest absolute Gasteiger partial charge is 0.335 e. The molecule has 0 saturated heterocycles. The van der Waals surface area contributed by atoms with E-state index in [0.717, 1.165) is 31.6 Å². The standard InChI is InChI=1S/C12H24N4/c1-4-7-16-8-6-14-12(16)9-11(15-13)10(3)5-2/h6,8,10-11,15H,4-5,7,9,13H2,1-3H3. The van der Waals surface area contributed by atoms with Crippen LogP contribution in [0, 0.1) is 5.92 Å². The van der Waals surface area contributed by atoms with Crippen LogP contribution >= 0.6 is 0 Å². The number of nitrogens with one attached hydrogen (secondary N) is 1. The smallest absolute Gasteiger partial charge is 0.110 e. The number of hydrogen-bond acceptors (Lipinski definition) is 3. The second kappa shape index (κ2) is 6.66. The predicted octanol–water partition coefficient (Wildman–Crippen LogP) is 1.71. The van der Waals surface area contributed by atoms with Crippen molar-refractivity contribution in [3.8, 4) is 0 Å². The highest BCUT2D eigenvalue weighted by Crippen LogP contribution is 2.12. The maximum atomic E-state index is 5.60. The van der Waals surface area contributed by atoms with Crippen LogP contribution in [-0.2, 0) is 13.0 Å². The van der Waals surface area contributed by atoms with E-state index in [4.69, 9.17) is 5.84 Å². The second-order valence-electron chi connectivity index (χ2n) is 4.40. The molecule has 16 heavy (non-hydrogen) atoms. The molecule has 3 N–H and O–H groups in total. The topological polar surface area (TPSA) is 55.9 Å². The van der Waals surface area contributed by atoms with E-state index in [2.05, 4.69) is 35.7 Å². The molecule has 1 aromatic rings. The normalized spacial score (nSPS) is 15.0. The molecular weight excluding hydrogens is 200 g/mol. The Balaban J connectivity index is 2.66. The zero-order valence-corrected chi connectivity index (χ0v) is 10.6. The zero-order valence-electron chi connectivity index (χ0n) is 10.6. The van der Waals surface area contributed by atoms with Gasteiger partial charge < -0.3 is 4.57 Å². The number of nitrogens with two attached hydrogens (primary N) is 1. The number of aromatic nitrogens is 2. The van der Waals surface area contributed by atoms with Crippen LogP contribution in [0.15, 0.2) is 12.4 Å². The lowest BCUT2D eigenvalue weighted by Gasteiger charge is -2.22. The van der Waals surface area contributed by atoms with Gasteiger partial charge in [-0.3, -0.25) is 11.3 Å². The molecule has 0 radical (unpaired) electrons. The Labute approximate surface area is 98.2 Å². The average molecular weight is 224 g/mol. The number of hydrazine groups is 1. The molecule has 0 aliphatic rings. The molecule has 92 valence electrons. The van der Waals surface area contributed by atoms with Crippen LogP contribution in [-0.4, -0.2) is 15.6 Å². The Bertz CT molecular complexity index is 295. The zero-order chi connectivity index (χ0) is 12.0. The van der Waals surface area contributed by atoms with Gasteiger partial charge in [0.1, 0.15) is 5.82 Å². The van der Waals surface area contributed by atoms with Crippen LogP contribution < -0.4 is 11.3 Å². The fourth-order valence-electron chi connectivity index (χ4n) is 1.88. The molecule has 0 fully saturated rings. The van der Waals surface area contributed by atoms with E-state index < -0.39 is 0 Å². The number of hydrogen-bond donors (Lipinski definition) is 2. The first-order valence-corrected chi connectivity index (χ1v) is 6.19. The first kappa shape index (κ1) is 13.2. The molecule has 0 aromatic carbocycles. The van der Waals surface area contributed by atoms with Crippen LogP contribution in [0.5, 0.6) is 0 Å². The van der Waals surface area contributed by atoms with Gasteiger partial charge in [0.15, 0.2) is 0 Å². The van der Waals surface area contributed by atoms with Crippen LogP contribution in [0.3, 0.4) is 0 Å². The van der Waals surface area contributed by atoms with Gasteiger partial charge in [0, 0.05) is 31.4 Å². The first-order chi connectivity index (χ1) is 7.72. The summed E-state index contributed by atoms with van der Waals surface area (Å²) in [5.41, 5.74) is 2.91. The quantitative estimate of drug-likeness (QED) is 0.547. The third-order valence-corrected chi connectivity index (χ3v) is 3.21. The summed E-state index contributed by atoms with van der Waals surface area (Å²) < 4.78 is 2.22. The molecular formula is C12H24N4. The van der Waals surface area contributed by atoms with Crippen LogP contribution in [0.2, 0.25) is 0 Å². The highest BCUT2D eigenvalue weighted by Gasteiger charge is 2.17. The number of rotatable bonds is 7. The summed E-state index contributed by atoms with van der Waals surface area (Å²) in [6.45, 7) is 7.62. The highest BCUT2D eigenvalue weighted by molar-refractivity contribution is 4.96. The van der Waals surface area contributed by atoms with Gasteiger partial charge in [0.05, 0.1) is 0 Å². The van der Waals surface area contributed by atoms with Crippen molar-refractivity contribution >= 4 is 0 Å². The molecule has 1 aromatic heterocycles. The molecule has 1 rings (SSSR count). The summed E-state index contributed by atoms with van der Waals surface area (Å²) in [6.07, 6.45) is 7.08. The Hall–Kier alpha value is -0.870. The summed E-state index contributed by atoms with van der Waals surface area (Å²) in [5.74, 6) is 7.30. The molecule has 0 saturated carbocycles. The fourth-order valence-corrected chi connectivity index (χ4v) is 1.88. The minimum Gasteiger partial charge on any atom is -0.335 e. The monoisotopic (exact) mass is 224 g/mol. The lowest BCUT2D eigenvalue weighted by atomic mass is 9.97. The van der Waals surface area contributed by atoms with E-state index in [1.165, 1.54) is 0 Å². The van der Waals surface area contributed by atoms with Gasteiger partial charge >= 0.3 is 0 Å². The van der Waals surface area contributed by atoms with E-state index in [1.807, 2.05) is 12.4 Å². The van der Waals surface area contributed by atoms with E-state index in [1.54, 1.807) is 0 Å². The third kappa shape index (κ3) is 3.32. The van der Waals surface area contributed by atoms with Crippen LogP contribution in [0.1, 0.15) is 39.4 Å². The predicted molar refractivity (Wildman–Crippen MR) is 66.8 cm³/mol. The van der Waals surface area contributed by atoms with E-state index in [-0.39, 0.29) is 0 Å². The summed E-state index contributed by atoms with van der Waals surface area (Å²) in [4.78, 5) is 4.41. The maximum Gasteiger partial charge on any atom is 0.110 e. The van der Waals surface area contributed by atoms with Gasteiger partial charge in [0.25, 0.3) is 0 Å². The van der Waals surface area contributed by atoms with Crippen molar-refractivity contribution in [2.45, 2.75) is 52.6 Å². The molecule has 0 aliphatic carbocycles. The van der Waals surface area contributed by atoms with E-state index in [0.29, 0.717) is 12.0 Å². The maximum absolute atomic E-state index is 5.60. The molecule has 0 amide bonds. The molecule has 0 spiro atoms. The van der Waals surface area contributed by atoms with Gasteiger partial charge in [0.2, 0.25) is 0 Å². The van der Waals surface area contributed by atoms with Gasteiger partial charge in [-0.25, -0.2) is 4.98 Å². The number of nitrogens with zero attached hydrogens (tertiary/aromatic N) is 2. The fraction of sp³-hybridized carbons (Fsp3) is 0.750. The van der Waals surface area contributed by atoms with Crippen molar-refractivity contribution in [1.29, 1.82) is 0 Å². The summed E-state index contributed by atoms with van der Waals surface area (Å²) in [5, 5.41) is 0. The van der Waals surface area contributed by atoms with Crippen molar-refractivity contribution in [2.24, 2.45) is 11.8 Å². The molecule has 2 atom stereocenters. The lowest BCUT2D eigenvalue weighted by Crippen LogP contribution is -2.41. The van der Waals surface area contributed by atoms with Crippen LogP contribution in [0.4, 0.5) is 0 Å². The average Bonchev–Trinajstić information content (AvgIpc) is 2.73. The molecule has 1 heterocycles. The molecule has 4 nitrogen and oxygen atoms in total. The summed E-state index contributed by atoms with van der Waals surface area (Å²) in [7, 11) is 0. The van der Waals surface area contributed by atoms with Crippen LogP contribution in [0.25, 0.3) is 0 Å². The third-order valence-electron chi connectivity index (χ3n) is 3.21. The Morgan fingerprint density at radius 1 is 1.50 bits per heavy atom. The summed E-state index contributed by atoms with van der Waals surface area (Å²) in [6, 6.07) is 0.308. The number of imidazole rings is 1. The molecule has 0 aliphatic heterocycles. The Morgan fingerprint density at radius 3 is 2.81 bits per heavy atom. The number of aryl methyl sites for hydroxylation is 1. The van der Waals surface area contributed by atoms with Gasteiger partial charge in [-0.2, -0.15) is 0 Å². The van der Waals surface area contributed by atoms with Crippen molar-refractivity contribution < 1.29 is 0 Å². The van der Waals surface area contributed by atoms with Crippen molar-refractivity contribution in [1.82, 2.24) is 15.0 Å². The van der Waals surface area contributed by atoms with E-state index in [9.17, 15) is 0 Å². The summed E-state index contributed by atoms with van der Waals surface area (Å²) >= 11 is 0. The molecule has 4 heteroatoms. The van der Waals surface area contributed by atoms with Gasteiger partial charge in [-0.05, 0) is 12.3 Å². The highest BCUT2D eigenvalue weighted by atomic mass is 15.2. The minimum atomic E-state index is 0.308. The van der Waals surface area contributed by atoms with Crippen molar-refractivity contribution in [3.63, 3.8) is 0 Å². The van der Waals surface area contributed by atoms with Crippen molar-refractivity contribution in [2.75, 3.05) is 0 Å². The second-order valence-corrected chi connectivity index (χ2v) is 4.40. The Morgan fingerprint density at radius 2 is 2.25 bits per heavy atom. The molecule has 2 unspecified atom stereocenters. The lowest BCUT2D eigenvalue weighted by molar-refractivity contribution is 0.360.